The van der Waals surface area contributed by atoms with Crippen LogP contribution in [0.15, 0.2) is 12.2 Å². The summed E-state index contributed by atoms with van der Waals surface area (Å²) in [7, 11) is 3.59. The van der Waals surface area contributed by atoms with Crippen molar-refractivity contribution in [2.45, 2.75) is 32.6 Å². The minimum Gasteiger partial charge on any atom is -0.384 e. The topological polar surface area (TPSA) is 18.5 Å². The van der Waals surface area contributed by atoms with Crippen LogP contribution in [0.2, 0.25) is 0 Å². The lowest BCUT2D eigenvalue weighted by molar-refractivity contribution is -0.0396. The number of allylic oxidation sites excluding steroid dienone is 2. The van der Waals surface area contributed by atoms with Crippen LogP contribution in [0.1, 0.15) is 32.6 Å². The third kappa shape index (κ3) is 3.91. The Morgan fingerprint density at radius 2 is 1.81 bits per heavy atom. The average Bonchev–Trinajstić information content (AvgIpc) is 2.28. The summed E-state index contributed by atoms with van der Waals surface area (Å²) in [4.78, 5) is 0. The third-order valence-corrected chi connectivity index (χ3v) is 3.66. The summed E-state index contributed by atoms with van der Waals surface area (Å²) in [5, 5.41) is 0. The molecule has 0 saturated heterocycles. The number of methoxy groups -OCH3 is 2. The molecule has 3 atom stereocenters. The molecule has 94 valence electrons. The Hall–Kier alpha value is -0.340. The van der Waals surface area contributed by atoms with Crippen molar-refractivity contribution in [3.63, 3.8) is 0 Å². The van der Waals surface area contributed by atoms with E-state index in [1.54, 1.807) is 14.2 Å². The van der Waals surface area contributed by atoms with Crippen LogP contribution in [0.4, 0.5) is 0 Å². The van der Waals surface area contributed by atoms with Gasteiger partial charge in [0.05, 0.1) is 0 Å². The molecule has 0 N–H and O–H groups in total. The fourth-order valence-electron chi connectivity index (χ4n) is 2.72. The van der Waals surface area contributed by atoms with Gasteiger partial charge >= 0.3 is 0 Å². The van der Waals surface area contributed by atoms with E-state index >= 15 is 0 Å². The van der Waals surface area contributed by atoms with Crippen LogP contribution in [0.5, 0.6) is 0 Å². The molecule has 0 aromatic rings. The first kappa shape index (κ1) is 13.7. The largest absolute Gasteiger partial charge is 0.384 e. The van der Waals surface area contributed by atoms with Gasteiger partial charge < -0.3 is 9.47 Å². The number of hydrogen-bond donors (Lipinski definition) is 0. The lowest BCUT2D eigenvalue weighted by Gasteiger charge is -2.44. The van der Waals surface area contributed by atoms with Crippen LogP contribution in [-0.4, -0.2) is 27.4 Å². The molecule has 1 saturated carbocycles. The standard InChI is InChI=1S/C14H26O2/c1-4-5-6-7-8-12-9-13(10-15-2)14(12)11-16-3/h5-6,12-14H,4,7-11H2,1-3H3/b6-5-/t12-,13-,14-/m0/s1. The first-order valence-corrected chi connectivity index (χ1v) is 6.46. The molecular weight excluding hydrogens is 200 g/mol. The molecule has 0 aliphatic heterocycles. The first-order valence-electron chi connectivity index (χ1n) is 6.46. The van der Waals surface area contributed by atoms with E-state index in [1.165, 1.54) is 19.3 Å². The van der Waals surface area contributed by atoms with Crippen molar-refractivity contribution in [2.75, 3.05) is 27.4 Å². The minimum atomic E-state index is 0.722. The molecule has 2 nitrogen and oxygen atoms in total. The predicted molar refractivity (Wildman–Crippen MR) is 67.5 cm³/mol. The van der Waals surface area contributed by atoms with Gasteiger partial charge in [-0.15, -0.1) is 0 Å². The quantitative estimate of drug-likeness (QED) is 0.591. The van der Waals surface area contributed by atoms with Crippen molar-refractivity contribution in [1.82, 2.24) is 0 Å². The molecule has 1 fully saturated rings. The predicted octanol–water partition coefficient (Wildman–Crippen LogP) is 3.28. The SMILES string of the molecule is CC/C=C\CC[C@H]1C[C@@H](COC)[C@H]1COC. The van der Waals surface area contributed by atoms with Crippen LogP contribution < -0.4 is 0 Å². The second-order valence-corrected chi connectivity index (χ2v) is 4.79. The van der Waals surface area contributed by atoms with Crippen molar-refractivity contribution in [3.05, 3.63) is 12.2 Å². The van der Waals surface area contributed by atoms with Crippen molar-refractivity contribution in [3.8, 4) is 0 Å². The Morgan fingerprint density at radius 3 is 2.44 bits per heavy atom. The Labute approximate surface area is 100 Å². The highest BCUT2D eigenvalue weighted by molar-refractivity contribution is 4.91. The fraction of sp³-hybridized carbons (Fsp3) is 0.857. The van der Waals surface area contributed by atoms with Crippen LogP contribution in [0.25, 0.3) is 0 Å². The van der Waals surface area contributed by atoms with E-state index in [4.69, 9.17) is 9.47 Å². The molecule has 0 spiro atoms. The highest BCUT2D eigenvalue weighted by Crippen LogP contribution is 2.43. The van der Waals surface area contributed by atoms with Crippen molar-refractivity contribution in [1.29, 1.82) is 0 Å². The number of hydrogen-bond acceptors (Lipinski definition) is 2. The van der Waals surface area contributed by atoms with Crippen molar-refractivity contribution in [2.24, 2.45) is 17.8 Å². The van der Waals surface area contributed by atoms with E-state index < -0.39 is 0 Å². The molecule has 0 amide bonds. The Bertz CT molecular complexity index is 201. The lowest BCUT2D eigenvalue weighted by atomic mass is 9.63. The maximum absolute atomic E-state index is 5.31. The van der Waals surface area contributed by atoms with E-state index in [1.807, 2.05) is 0 Å². The molecule has 0 aromatic carbocycles. The van der Waals surface area contributed by atoms with Gasteiger partial charge in [-0.25, -0.2) is 0 Å². The van der Waals surface area contributed by atoms with Gasteiger partial charge in [-0.2, -0.15) is 0 Å². The molecule has 0 aromatic heterocycles. The summed E-state index contributed by atoms with van der Waals surface area (Å²) in [6.45, 7) is 3.98. The molecule has 1 aliphatic rings. The van der Waals surface area contributed by atoms with E-state index in [2.05, 4.69) is 19.1 Å². The van der Waals surface area contributed by atoms with Gasteiger partial charge in [0.15, 0.2) is 0 Å². The van der Waals surface area contributed by atoms with Crippen LogP contribution in [-0.2, 0) is 9.47 Å². The zero-order valence-corrected chi connectivity index (χ0v) is 10.9. The summed E-state index contributed by atoms with van der Waals surface area (Å²) < 4.78 is 10.6. The lowest BCUT2D eigenvalue weighted by Crippen LogP contribution is -2.41. The summed E-state index contributed by atoms with van der Waals surface area (Å²) in [6.07, 6.45) is 9.58. The highest BCUT2D eigenvalue weighted by atomic mass is 16.5. The van der Waals surface area contributed by atoms with Crippen LogP contribution in [0.3, 0.4) is 0 Å². The van der Waals surface area contributed by atoms with Gasteiger partial charge in [0.25, 0.3) is 0 Å². The van der Waals surface area contributed by atoms with Gasteiger partial charge in [-0.1, -0.05) is 19.1 Å². The Kier molecular flexibility index (Phi) is 6.74. The molecule has 0 radical (unpaired) electrons. The molecule has 0 unspecified atom stereocenters. The summed E-state index contributed by atoms with van der Waals surface area (Å²) in [5.41, 5.74) is 0. The monoisotopic (exact) mass is 226 g/mol. The molecule has 16 heavy (non-hydrogen) atoms. The van der Waals surface area contributed by atoms with Gasteiger partial charge in [-0.05, 0) is 43.4 Å². The van der Waals surface area contributed by atoms with E-state index in [0.717, 1.165) is 37.4 Å². The molecular formula is C14H26O2. The van der Waals surface area contributed by atoms with Crippen molar-refractivity contribution >= 4 is 0 Å². The van der Waals surface area contributed by atoms with Gasteiger partial charge in [-0.3, -0.25) is 0 Å². The smallest absolute Gasteiger partial charge is 0.0496 e. The first-order chi connectivity index (χ1) is 7.83. The number of ether oxygens (including phenoxy) is 2. The highest BCUT2D eigenvalue weighted by Gasteiger charge is 2.39. The fourth-order valence-corrected chi connectivity index (χ4v) is 2.72. The normalized spacial score (nSPS) is 29.6. The summed E-state index contributed by atoms with van der Waals surface area (Å²) >= 11 is 0. The van der Waals surface area contributed by atoms with E-state index in [0.29, 0.717) is 0 Å². The van der Waals surface area contributed by atoms with Gasteiger partial charge in [0.1, 0.15) is 0 Å². The second-order valence-electron chi connectivity index (χ2n) is 4.79. The average molecular weight is 226 g/mol. The number of rotatable bonds is 8. The maximum Gasteiger partial charge on any atom is 0.0496 e. The van der Waals surface area contributed by atoms with Gasteiger partial charge in [0, 0.05) is 27.4 Å². The third-order valence-electron chi connectivity index (χ3n) is 3.66. The zero-order valence-electron chi connectivity index (χ0n) is 10.9. The summed E-state index contributed by atoms with van der Waals surface area (Å²) in [6, 6.07) is 0. The molecule has 0 heterocycles. The van der Waals surface area contributed by atoms with Crippen LogP contribution in [0, 0.1) is 17.8 Å². The summed E-state index contributed by atoms with van der Waals surface area (Å²) in [5.74, 6) is 2.30. The van der Waals surface area contributed by atoms with E-state index in [9.17, 15) is 0 Å². The molecule has 2 heteroatoms. The van der Waals surface area contributed by atoms with Crippen LogP contribution >= 0.6 is 0 Å². The molecule has 0 bridgehead atoms. The van der Waals surface area contributed by atoms with E-state index in [-0.39, 0.29) is 0 Å². The minimum absolute atomic E-state index is 0.722. The maximum atomic E-state index is 5.31. The van der Waals surface area contributed by atoms with Gasteiger partial charge in [0.2, 0.25) is 0 Å². The molecule has 1 aliphatic carbocycles. The zero-order chi connectivity index (χ0) is 11.8. The van der Waals surface area contributed by atoms with Crippen molar-refractivity contribution < 1.29 is 9.47 Å². The Morgan fingerprint density at radius 1 is 1.06 bits per heavy atom. The second kappa shape index (κ2) is 7.86. The molecule has 1 rings (SSSR count). The Balaban J connectivity index is 2.24.